The van der Waals surface area contributed by atoms with Gasteiger partial charge in [0.05, 0.1) is 24.6 Å². The van der Waals surface area contributed by atoms with Crippen molar-refractivity contribution >= 4 is 11.6 Å². The maximum atomic E-state index is 12.1. The van der Waals surface area contributed by atoms with Crippen LogP contribution in [0.25, 0.3) is 0 Å². The van der Waals surface area contributed by atoms with Crippen LogP contribution in [0.2, 0.25) is 0 Å². The molecule has 0 heterocycles. The molecule has 26 heavy (non-hydrogen) atoms. The van der Waals surface area contributed by atoms with Crippen molar-refractivity contribution in [3.63, 3.8) is 0 Å². The second-order valence-electron chi connectivity index (χ2n) is 5.38. The third kappa shape index (κ3) is 5.66. The minimum atomic E-state index is -0.517. The van der Waals surface area contributed by atoms with Crippen LogP contribution in [0.3, 0.4) is 0 Å². The summed E-state index contributed by atoms with van der Waals surface area (Å²) in [5.74, 6) is 1.44. The van der Waals surface area contributed by atoms with Crippen molar-refractivity contribution in [3.05, 3.63) is 58.6 Å². The van der Waals surface area contributed by atoms with Crippen LogP contribution < -0.4 is 14.2 Å². The first-order valence-corrected chi connectivity index (χ1v) is 7.87. The molecule has 0 aliphatic rings. The molecule has 0 aliphatic heterocycles. The van der Waals surface area contributed by atoms with Crippen molar-refractivity contribution in [1.82, 2.24) is 4.90 Å². The van der Waals surface area contributed by atoms with Gasteiger partial charge in [0.1, 0.15) is 23.9 Å². The zero-order valence-corrected chi connectivity index (χ0v) is 14.6. The molecule has 0 N–H and O–H groups in total. The van der Waals surface area contributed by atoms with Gasteiger partial charge in [-0.25, -0.2) is 0 Å². The molecule has 0 fully saturated rings. The van der Waals surface area contributed by atoms with Crippen LogP contribution in [0.15, 0.2) is 48.5 Å². The Bertz CT molecular complexity index is 748. The minimum Gasteiger partial charge on any atom is -0.497 e. The average molecular weight is 360 g/mol. The summed E-state index contributed by atoms with van der Waals surface area (Å²) >= 11 is 0. The van der Waals surface area contributed by atoms with Crippen LogP contribution >= 0.6 is 0 Å². The Morgan fingerprint density at radius 3 is 2.42 bits per heavy atom. The van der Waals surface area contributed by atoms with Gasteiger partial charge >= 0.3 is 0 Å². The van der Waals surface area contributed by atoms with E-state index in [-0.39, 0.29) is 24.0 Å². The zero-order chi connectivity index (χ0) is 18.9. The fraction of sp³-hybridized carbons (Fsp3) is 0.278. The van der Waals surface area contributed by atoms with Crippen LogP contribution in [0.5, 0.6) is 17.2 Å². The first kappa shape index (κ1) is 19.0. The van der Waals surface area contributed by atoms with E-state index in [1.165, 1.54) is 23.1 Å². The molecule has 8 heteroatoms. The Hall–Kier alpha value is -3.29. The highest BCUT2D eigenvalue weighted by Gasteiger charge is 2.11. The lowest BCUT2D eigenvalue weighted by Crippen LogP contribution is -2.34. The molecule has 0 spiro atoms. The summed E-state index contributed by atoms with van der Waals surface area (Å²) in [5.41, 5.74) is -0.0869. The van der Waals surface area contributed by atoms with Crippen LogP contribution in [0.4, 0.5) is 5.69 Å². The number of nitro benzene ring substituents is 1. The SMILES string of the molecule is COc1ccc(OCCN(C)C(=O)COc2cccc([N+](=O)[O-])c2)cc1. The van der Waals surface area contributed by atoms with Gasteiger partial charge < -0.3 is 19.1 Å². The molecule has 1 amide bonds. The second-order valence-corrected chi connectivity index (χ2v) is 5.38. The lowest BCUT2D eigenvalue weighted by atomic mass is 10.3. The topological polar surface area (TPSA) is 91.1 Å². The molecule has 0 unspecified atom stereocenters. The molecule has 0 bridgehead atoms. The van der Waals surface area contributed by atoms with Gasteiger partial charge in [0.25, 0.3) is 11.6 Å². The third-order valence-electron chi connectivity index (χ3n) is 3.57. The maximum absolute atomic E-state index is 12.1. The number of rotatable bonds is 9. The Kier molecular flexibility index (Phi) is 6.78. The van der Waals surface area contributed by atoms with Crippen molar-refractivity contribution in [1.29, 1.82) is 0 Å². The molecule has 0 aromatic heterocycles. The van der Waals surface area contributed by atoms with Gasteiger partial charge in [-0.3, -0.25) is 14.9 Å². The molecule has 2 aromatic carbocycles. The molecule has 2 aromatic rings. The molecule has 0 saturated carbocycles. The number of hydrogen-bond acceptors (Lipinski definition) is 6. The highest BCUT2D eigenvalue weighted by Crippen LogP contribution is 2.19. The van der Waals surface area contributed by atoms with E-state index in [0.717, 1.165) is 5.75 Å². The molecule has 0 aliphatic carbocycles. The summed E-state index contributed by atoms with van der Waals surface area (Å²) in [4.78, 5) is 23.7. The number of amides is 1. The number of carbonyl (C=O) groups is 1. The number of nitrogens with zero attached hydrogens (tertiary/aromatic N) is 2. The minimum absolute atomic E-state index is 0.0869. The van der Waals surface area contributed by atoms with E-state index < -0.39 is 4.92 Å². The Morgan fingerprint density at radius 2 is 1.77 bits per heavy atom. The maximum Gasteiger partial charge on any atom is 0.273 e. The van der Waals surface area contributed by atoms with E-state index in [2.05, 4.69) is 0 Å². The quantitative estimate of drug-likeness (QED) is 0.504. The highest BCUT2D eigenvalue weighted by molar-refractivity contribution is 5.77. The van der Waals surface area contributed by atoms with Crippen LogP contribution in [0.1, 0.15) is 0 Å². The van der Waals surface area contributed by atoms with E-state index in [0.29, 0.717) is 18.9 Å². The monoisotopic (exact) mass is 360 g/mol. The average Bonchev–Trinajstić information content (AvgIpc) is 2.66. The number of benzene rings is 2. The largest absolute Gasteiger partial charge is 0.497 e. The number of ether oxygens (including phenoxy) is 3. The molecule has 0 radical (unpaired) electrons. The fourth-order valence-corrected chi connectivity index (χ4v) is 2.04. The Balaban J connectivity index is 1.74. The lowest BCUT2D eigenvalue weighted by Gasteiger charge is -2.17. The summed E-state index contributed by atoms with van der Waals surface area (Å²) in [6, 6.07) is 12.8. The molecule has 138 valence electrons. The molecular weight excluding hydrogens is 340 g/mol. The standard InChI is InChI=1S/C18H20N2O6/c1-19(10-11-25-16-8-6-15(24-2)7-9-16)18(21)13-26-17-5-3-4-14(12-17)20(22)23/h3-9,12H,10-11,13H2,1-2H3. The number of non-ortho nitro benzene ring substituents is 1. The van der Waals surface area contributed by atoms with Gasteiger partial charge in [0.15, 0.2) is 6.61 Å². The Morgan fingerprint density at radius 1 is 1.08 bits per heavy atom. The number of nitro groups is 1. The fourth-order valence-electron chi connectivity index (χ4n) is 2.04. The number of likely N-dealkylation sites (N-methyl/N-ethyl adjacent to an activating group) is 1. The third-order valence-corrected chi connectivity index (χ3v) is 3.57. The summed E-state index contributed by atoms with van der Waals surface area (Å²) in [7, 11) is 3.22. The summed E-state index contributed by atoms with van der Waals surface area (Å²) in [6.07, 6.45) is 0. The van der Waals surface area contributed by atoms with E-state index >= 15 is 0 Å². The van der Waals surface area contributed by atoms with E-state index in [9.17, 15) is 14.9 Å². The summed E-state index contributed by atoms with van der Waals surface area (Å²) in [5, 5.41) is 10.7. The predicted octanol–water partition coefficient (Wildman–Crippen LogP) is 2.52. The van der Waals surface area contributed by atoms with Gasteiger partial charge in [-0.05, 0) is 30.3 Å². The Labute approximate surface area is 151 Å². The van der Waals surface area contributed by atoms with Crippen molar-refractivity contribution in [2.75, 3.05) is 33.9 Å². The zero-order valence-electron chi connectivity index (χ0n) is 14.6. The van der Waals surface area contributed by atoms with Crippen LogP contribution in [0, 0.1) is 10.1 Å². The van der Waals surface area contributed by atoms with Gasteiger partial charge in [-0.1, -0.05) is 6.07 Å². The van der Waals surface area contributed by atoms with Crippen molar-refractivity contribution < 1.29 is 23.9 Å². The van der Waals surface area contributed by atoms with Gasteiger partial charge in [0, 0.05) is 13.1 Å². The molecular formula is C18H20N2O6. The van der Waals surface area contributed by atoms with E-state index in [1.807, 2.05) is 0 Å². The second kappa shape index (κ2) is 9.26. The number of carbonyl (C=O) groups excluding carboxylic acids is 1. The summed E-state index contributed by atoms with van der Waals surface area (Å²) < 4.78 is 16.0. The summed E-state index contributed by atoms with van der Waals surface area (Å²) in [6.45, 7) is 0.495. The smallest absolute Gasteiger partial charge is 0.273 e. The first-order valence-electron chi connectivity index (χ1n) is 7.87. The predicted molar refractivity (Wildman–Crippen MR) is 94.7 cm³/mol. The molecule has 0 atom stereocenters. The van der Waals surface area contributed by atoms with Crippen LogP contribution in [-0.4, -0.2) is 49.6 Å². The van der Waals surface area contributed by atoms with Gasteiger partial charge in [-0.2, -0.15) is 0 Å². The highest BCUT2D eigenvalue weighted by atomic mass is 16.6. The first-order chi connectivity index (χ1) is 12.5. The van der Waals surface area contributed by atoms with Gasteiger partial charge in [0.2, 0.25) is 0 Å². The van der Waals surface area contributed by atoms with E-state index in [4.69, 9.17) is 14.2 Å². The normalized spacial score (nSPS) is 10.1. The van der Waals surface area contributed by atoms with Crippen LogP contribution in [-0.2, 0) is 4.79 Å². The van der Waals surface area contributed by atoms with Gasteiger partial charge in [-0.15, -0.1) is 0 Å². The molecule has 0 saturated heterocycles. The van der Waals surface area contributed by atoms with Crippen molar-refractivity contribution in [2.45, 2.75) is 0 Å². The lowest BCUT2D eigenvalue weighted by molar-refractivity contribution is -0.384. The van der Waals surface area contributed by atoms with E-state index in [1.54, 1.807) is 44.5 Å². The molecule has 8 nitrogen and oxygen atoms in total. The van der Waals surface area contributed by atoms with Crippen molar-refractivity contribution in [3.8, 4) is 17.2 Å². The molecule has 2 rings (SSSR count). The number of hydrogen-bond donors (Lipinski definition) is 0. The number of methoxy groups -OCH3 is 1. The van der Waals surface area contributed by atoms with Crippen molar-refractivity contribution in [2.24, 2.45) is 0 Å².